The van der Waals surface area contributed by atoms with Crippen molar-refractivity contribution >= 4 is 48.3 Å². The van der Waals surface area contributed by atoms with Crippen LogP contribution in [0.5, 0.6) is 0 Å². The maximum Gasteiger partial charge on any atom is 0.264 e. The van der Waals surface area contributed by atoms with Crippen LogP contribution in [-0.4, -0.2) is 56.9 Å². The molecule has 1 saturated heterocycles. The number of thiazole rings is 1. The zero-order valence-corrected chi connectivity index (χ0v) is 21.6. The Morgan fingerprint density at radius 3 is 2.44 bits per heavy atom. The average Bonchev–Trinajstić information content (AvgIpc) is 3.53. The van der Waals surface area contributed by atoms with Gasteiger partial charge in [-0.3, -0.25) is 9.10 Å². The summed E-state index contributed by atoms with van der Waals surface area (Å²) in [6, 6.07) is 20.2. The molecule has 0 atom stereocenters. The lowest BCUT2D eigenvalue weighted by molar-refractivity contribution is 0.0746. The number of carbonyl (C=O) groups excluding carboxylic acids is 1. The van der Waals surface area contributed by atoms with Crippen molar-refractivity contribution < 1.29 is 13.2 Å². The van der Waals surface area contributed by atoms with Crippen molar-refractivity contribution in [1.82, 2.24) is 9.88 Å². The third-order valence-corrected chi connectivity index (χ3v) is 9.81. The van der Waals surface area contributed by atoms with E-state index in [0.717, 1.165) is 21.9 Å². The highest BCUT2D eigenvalue weighted by molar-refractivity contribution is 7.92. The molecule has 0 bridgehead atoms. The maximum atomic E-state index is 13.3. The standard InChI is InChI=1S/C27H26N4O3S2/c1-19-6-11-23-25(18-19)35-27(28-23)30-16-14-29(15-17-30)26(32)21-7-9-22(10-8-21)36(33,34)31-13-12-20-4-2-3-5-24(20)31/h2-11,18H,12-17H2,1H3. The molecule has 7 nitrogen and oxygen atoms in total. The molecule has 2 aliphatic rings. The molecule has 0 N–H and O–H groups in total. The Balaban J connectivity index is 1.13. The lowest BCUT2D eigenvalue weighted by atomic mass is 10.2. The van der Waals surface area contributed by atoms with Crippen LogP contribution in [0.4, 0.5) is 10.8 Å². The minimum Gasteiger partial charge on any atom is -0.345 e. The molecule has 184 valence electrons. The monoisotopic (exact) mass is 518 g/mol. The Labute approximate surface area is 214 Å². The molecule has 0 aliphatic carbocycles. The minimum atomic E-state index is -3.68. The van der Waals surface area contributed by atoms with Crippen LogP contribution in [0.15, 0.2) is 71.6 Å². The van der Waals surface area contributed by atoms with E-state index in [9.17, 15) is 13.2 Å². The molecule has 2 aliphatic heterocycles. The number of hydrogen-bond acceptors (Lipinski definition) is 6. The summed E-state index contributed by atoms with van der Waals surface area (Å²) in [5.41, 5.74) is 4.50. The van der Waals surface area contributed by atoms with Crippen LogP contribution in [0.2, 0.25) is 0 Å². The molecule has 3 aromatic carbocycles. The van der Waals surface area contributed by atoms with Gasteiger partial charge in [-0.05, 0) is 66.9 Å². The SMILES string of the molecule is Cc1ccc2nc(N3CCN(C(=O)c4ccc(S(=O)(=O)N5CCc6ccccc65)cc4)CC3)sc2c1. The van der Waals surface area contributed by atoms with Crippen molar-refractivity contribution in [3.63, 3.8) is 0 Å². The molecule has 4 aromatic rings. The Morgan fingerprint density at radius 2 is 1.67 bits per heavy atom. The van der Waals surface area contributed by atoms with Crippen molar-refractivity contribution in [2.45, 2.75) is 18.2 Å². The van der Waals surface area contributed by atoms with Gasteiger partial charge in [0.05, 0.1) is 20.8 Å². The number of sulfonamides is 1. The van der Waals surface area contributed by atoms with Crippen molar-refractivity contribution in [2.75, 3.05) is 41.9 Å². The van der Waals surface area contributed by atoms with Gasteiger partial charge in [-0.15, -0.1) is 0 Å². The van der Waals surface area contributed by atoms with E-state index in [-0.39, 0.29) is 10.8 Å². The Hall–Kier alpha value is -3.43. The number of piperazine rings is 1. The molecule has 1 fully saturated rings. The van der Waals surface area contributed by atoms with Crippen molar-refractivity contribution in [3.8, 4) is 0 Å². The van der Waals surface area contributed by atoms with Gasteiger partial charge in [0.1, 0.15) is 0 Å². The smallest absolute Gasteiger partial charge is 0.264 e. The number of rotatable bonds is 4. The second-order valence-electron chi connectivity index (χ2n) is 9.23. The number of nitrogens with zero attached hydrogens (tertiary/aromatic N) is 4. The lowest BCUT2D eigenvalue weighted by Crippen LogP contribution is -2.48. The summed E-state index contributed by atoms with van der Waals surface area (Å²) in [5.74, 6) is -0.0787. The van der Waals surface area contributed by atoms with E-state index in [1.165, 1.54) is 14.6 Å². The summed E-state index contributed by atoms with van der Waals surface area (Å²) in [6.45, 7) is 5.13. The maximum absolute atomic E-state index is 13.3. The first kappa shape index (κ1) is 23.0. The van der Waals surface area contributed by atoms with Crippen LogP contribution < -0.4 is 9.21 Å². The molecule has 9 heteroatoms. The topological polar surface area (TPSA) is 73.8 Å². The van der Waals surface area contributed by atoms with Gasteiger partial charge in [0.25, 0.3) is 15.9 Å². The molecule has 1 amide bonds. The van der Waals surface area contributed by atoms with Crippen LogP contribution >= 0.6 is 11.3 Å². The molecule has 0 spiro atoms. The summed E-state index contributed by atoms with van der Waals surface area (Å²) < 4.78 is 29.1. The van der Waals surface area contributed by atoms with Gasteiger partial charge < -0.3 is 9.80 Å². The molecule has 0 radical (unpaired) electrons. The van der Waals surface area contributed by atoms with E-state index in [2.05, 4.69) is 30.0 Å². The molecule has 3 heterocycles. The van der Waals surface area contributed by atoms with E-state index in [4.69, 9.17) is 4.98 Å². The number of aryl methyl sites for hydroxylation is 1. The number of carbonyl (C=O) groups is 1. The summed E-state index contributed by atoms with van der Waals surface area (Å²) in [7, 11) is -3.68. The first-order chi connectivity index (χ1) is 17.4. The summed E-state index contributed by atoms with van der Waals surface area (Å²) >= 11 is 1.68. The van der Waals surface area contributed by atoms with Gasteiger partial charge >= 0.3 is 0 Å². The predicted octanol–water partition coefficient (Wildman–Crippen LogP) is 4.32. The van der Waals surface area contributed by atoms with Gasteiger partial charge in [0, 0.05) is 38.3 Å². The van der Waals surface area contributed by atoms with Crippen molar-refractivity contribution in [2.24, 2.45) is 0 Å². The van der Waals surface area contributed by atoms with Gasteiger partial charge in [-0.2, -0.15) is 0 Å². The lowest BCUT2D eigenvalue weighted by Gasteiger charge is -2.34. The molecular weight excluding hydrogens is 492 g/mol. The summed E-state index contributed by atoms with van der Waals surface area (Å²) in [5, 5.41) is 0.987. The fourth-order valence-electron chi connectivity index (χ4n) is 4.89. The molecule has 36 heavy (non-hydrogen) atoms. The third-order valence-electron chi connectivity index (χ3n) is 6.90. The molecule has 6 rings (SSSR count). The van der Waals surface area contributed by atoms with Gasteiger partial charge in [-0.25, -0.2) is 13.4 Å². The van der Waals surface area contributed by atoms with Gasteiger partial charge in [0.2, 0.25) is 0 Å². The van der Waals surface area contributed by atoms with E-state index < -0.39 is 10.0 Å². The van der Waals surface area contributed by atoms with Crippen LogP contribution in [0.25, 0.3) is 10.2 Å². The third kappa shape index (κ3) is 4.02. The van der Waals surface area contributed by atoms with Crippen LogP contribution in [0.1, 0.15) is 21.5 Å². The average molecular weight is 519 g/mol. The largest absolute Gasteiger partial charge is 0.345 e. The Bertz CT molecular complexity index is 1560. The van der Waals surface area contributed by atoms with E-state index in [1.807, 2.05) is 29.2 Å². The molecular formula is C27H26N4O3S2. The number of anilines is 2. The first-order valence-electron chi connectivity index (χ1n) is 12.0. The van der Waals surface area contributed by atoms with E-state index in [0.29, 0.717) is 44.7 Å². The van der Waals surface area contributed by atoms with Crippen molar-refractivity contribution in [3.05, 3.63) is 83.4 Å². The zero-order chi connectivity index (χ0) is 24.9. The Kier molecular flexibility index (Phi) is 5.69. The highest BCUT2D eigenvalue weighted by Crippen LogP contribution is 2.33. The van der Waals surface area contributed by atoms with Crippen LogP contribution in [0, 0.1) is 6.92 Å². The predicted molar refractivity (Wildman–Crippen MR) is 144 cm³/mol. The van der Waals surface area contributed by atoms with Crippen LogP contribution in [-0.2, 0) is 16.4 Å². The highest BCUT2D eigenvalue weighted by Gasteiger charge is 2.31. The molecule has 1 aromatic heterocycles. The highest BCUT2D eigenvalue weighted by atomic mass is 32.2. The number of aromatic nitrogens is 1. The zero-order valence-electron chi connectivity index (χ0n) is 19.9. The van der Waals surface area contributed by atoms with Crippen molar-refractivity contribution in [1.29, 1.82) is 0 Å². The summed E-state index contributed by atoms with van der Waals surface area (Å²) in [6.07, 6.45) is 0.703. The first-order valence-corrected chi connectivity index (χ1v) is 14.3. The quantitative estimate of drug-likeness (QED) is 0.402. The number of hydrogen-bond donors (Lipinski definition) is 0. The molecule has 0 saturated carbocycles. The fraction of sp³-hybridized carbons (Fsp3) is 0.259. The van der Waals surface area contributed by atoms with E-state index >= 15 is 0 Å². The normalized spacial score (nSPS) is 16.0. The fourth-order valence-corrected chi connectivity index (χ4v) is 7.51. The summed E-state index contributed by atoms with van der Waals surface area (Å²) in [4.78, 5) is 22.2. The number of amides is 1. The number of benzene rings is 3. The van der Waals surface area contributed by atoms with E-state index in [1.54, 1.807) is 35.6 Å². The van der Waals surface area contributed by atoms with Gasteiger partial charge in [-0.1, -0.05) is 35.6 Å². The second kappa shape index (κ2) is 8.90. The molecule has 0 unspecified atom stereocenters. The minimum absolute atomic E-state index is 0.0787. The van der Waals surface area contributed by atoms with Gasteiger partial charge in [0.15, 0.2) is 5.13 Å². The number of fused-ring (bicyclic) bond motifs is 2. The Morgan fingerprint density at radius 1 is 0.917 bits per heavy atom. The van der Waals surface area contributed by atoms with Crippen LogP contribution in [0.3, 0.4) is 0 Å². The second-order valence-corrected chi connectivity index (χ2v) is 12.1. The number of para-hydroxylation sites is 1.